The van der Waals surface area contributed by atoms with Crippen LogP contribution in [0.2, 0.25) is 0 Å². The maximum Gasteiger partial charge on any atom is 0.251 e. The van der Waals surface area contributed by atoms with Gasteiger partial charge in [-0.05, 0) is 77.9 Å². The summed E-state index contributed by atoms with van der Waals surface area (Å²) in [6.07, 6.45) is 5.47. The zero-order valence-corrected chi connectivity index (χ0v) is 16.9. The van der Waals surface area contributed by atoms with Gasteiger partial charge in [0.1, 0.15) is 0 Å². The Morgan fingerprint density at radius 2 is 1.67 bits per heavy atom. The van der Waals surface area contributed by atoms with Crippen LogP contribution in [-0.4, -0.2) is 15.7 Å². The predicted molar refractivity (Wildman–Crippen MR) is 118 cm³/mol. The van der Waals surface area contributed by atoms with E-state index in [1.165, 1.54) is 27.8 Å². The van der Waals surface area contributed by atoms with Crippen LogP contribution in [0.25, 0.3) is 5.69 Å². The Morgan fingerprint density at radius 3 is 2.43 bits per heavy atom. The molecular weight excluding hydrogens is 370 g/mol. The molecule has 0 unspecified atom stereocenters. The Balaban J connectivity index is 1.34. The number of hydrogen-bond acceptors (Lipinski definition) is 2. The van der Waals surface area contributed by atoms with Crippen LogP contribution < -0.4 is 5.32 Å². The third kappa shape index (κ3) is 3.64. The highest BCUT2D eigenvalue weighted by Crippen LogP contribution is 2.29. The van der Waals surface area contributed by atoms with Gasteiger partial charge < -0.3 is 5.32 Å². The fraction of sp³-hybridized carbons (Fsp3) is 0.154. The molecule has 3 aromatic carbocycles. The lowest BCUT2D eigenvalue weighted by atomic mass is 9.85. The number of hydrogen-bond donors (Lipinski definition) is 1. The molecule has 4 aromatic rings. The molecule has 1 heterocycles. The molecule has 1 aliphatic carbocycles. The van der Waals surface area contributed by atoms with Gasteiger partial charge in [0.2, 0.25) is 0 Å². The monoisotopic (exact) mass is 393 g/mol. The molecule has 0 radical (unpaired) electrons. The van der Waals surface area contributed by atoms with Gasteiger partial charge >= 0.3 is 0 Å². The van der Waals surface area contributed by atoms with Crippen molar-refractivity contribution in [3.05, 3.63) is 118 Å². The van der Waals surface area contributed by atoms with Crippen LogP contribution in [-0.2, 0) is 19.4 Å². The van der Waals surface area contributed by atoms with Gasteiger partial charge in [-0.25, -0.2) is 4.68 Å². The summed E-state index contributed by atoms with van der Waals surface area (Å²) in [5, 5.41) is 7.37. The highest BCUT2D eigenvalue weighted by Gasteiger charge is 2.18. The van der Waals surface area contributed by atoms with Crippen molar-refractivity contribution >= 4 is 5.91 Å². The molecule has 0 bridgehead atoms. The minimum atomic E-state index is -0.0329. The number of aryl methyl sites for hydroxylation is 1. The maximum absolute atomic E-state index is 12.7. The second-order valence-corrected chi connectivity index (χ2v) is 7.91. The van der Waals surface area contributed by atoms with Crippen LogP contribution in [0.4, 0.5) is 0 Å². The summed E-state index contributed by atoms with van der Waals surface area (Å²) < 4.78 is 1.88. The van der Waals surface area contributed by atoms with E-state index in [2.05, 4.69) is 65.9 Å². The first kappa shape index (κ1) is 18.4. The van der Waals surface area contributed by atoms with Gasteiger partial charge in [0, 0.05) is 24.5 Å². The smallest absolute Gasteiger partial charge is 0.251 e. The number of carbonyl (C=O) groups is 1. The van der Waals surface area contributed by atoms with Crippen molar-refractivity contribution in [2.24, 2.45) is 0 Å². The molecule has 0 spiro atoms. The van der Waals surface area contributed by atoms with E-state index in [0.717, 1.165) is 24.1 Å². The van der Waals surface area contributed by atoms with Crippen molar-refractivity contribution in [1.82, 2.24) is 15.1 Å². The minimum Gasteiger partial charge on any atom is -0.348 e. The van der Waals surface area contributed by atoms with Crippen LogP contribution in [0.15, 0.2) is 79.1 Å². The first-order valence-corrected chi connectivity index (χ1v) is 10.2. The molecule has 1 aromatic heterocycles. The first-order chi connectivity index (χ1) is 14.7. The number of carbonyl (C=O) groups excluding carboxylic acids is 1. The van der Waals surface area contributed by atoms with E-state index in [1.807, 2.05) is 29.1 Å². The average Bonchev–Trinajstić information content (AvgIpc) is 3.31. The fourth-order valence-electron chi connectivity index (χ4n) is 4.02. The summed E-state index contributed by atoms with van der Waals surface area (Å²) in [6, 6.07) is 22.8. The second-order valence-electron chi connectivity index (χ2n) is 7.91. The minimum absolute atomic E-state index is 0.0329. The number of rotatable bonds is 4. The van der Waals surface area contributed by atoms with Crippen molar-refractivity contribution in [3.8, 4) is 5.69 Å². The molecule has 0 saturated carbocycles. The number of fused-ring (bicyclic) bond motifs is 2. The molecule has 4 nitrogen and oxygen atoms in total. The Labute approximate surface area is 176 Å². The van der Waals surface area contributed by atoms with E-state index in [1.54, 1.807) is 6.20 Å². The molecule has 1 N–H and O–H groups in total. The van der Waals surface area contributed by atoms with E-state index in [0.29, 0.717) is 12.1 Å². The Kier molecular flexibility index (Phi) is 4.68. The van der Waals surface area contributed by atoms with Gasteiger partial charge in [-0.3, -0.25) is 4.79 Å². The molecule has 30 heavy (non-hydrogen) atoms. The quantitative estimate of drug-likeness (QED) is 0.485. The van der Waals surface area contributed by atoms with Crippen molar-refractivity contribution in [2.75, 3.05) is 0 Å². The fourth-order valence-corrected chi connectivity index (χ4v) is 4.02. The van der Waals surface area contributed by atoms with Crippen molar-refractivity contribution in [3.63, 3.8) is 0 Å². The second kappa shape index (κ2) is 7.64. The van der Waals surface area contributed by atoms with Crippen LogP contribution in [0, 0.1) is 6.92 Å². The summed E-state index contributed by atoms with van der Waals surface area (Å²) in [5.74, 6) is -0.0329. The van der Waals surface area contributed by atoms with E-state index in [4.69, 9.17) is 0 Å². The van der Waals surface area contributed by atoms with Gasteiger partial charge in [-0.15, -0.1) is 0 Å². The largest absolute Gasteiger partial charge is 0.348 e. The van der Waals surface area contributed by atoms with Gasteiger partial charge in [0.05, 0.1) is 5.69 Å². The van der Waals surface area contributed by atoms with E-state index >= 15 is 0 Å². The summed E-state index contributed by atoms with van der Waals surface area (Å²) in [7, 11) is 0. The molecule has 1 amide bonds. The number of nitrogens with zero attached hydrogens (tertiary/aromatic N) is 2. The molecule has 4 heteroatoms. The lowest BCUT2D eigenvalue weighted by molar-refractivity contribution is 0.0951. The number of nitrogens with one attached hydrogen (secondary N) is 1. The highest BCUT2D eigenvalue weighted by molar-refractivity contribution is 5.94. The first-order valence-electron chi connectivity index (χ1n) is 10.2. The van der Waals surface area contributed by atoms with Crippen LogP contribution in [0.5, 0.6) is 0 Å². The molecule has 0 aliphatic heterocycles. The topological polar surface area (TPSA) is 46.9 Å². The third-order valence-corrected chi connectivity index (χ3v) is 5.76. The average molecular weight is 393 g/mol. The number of amides is 1. The summed E-state index contributed by atoms with van der Waals surface area (Å²) in [4.78, 5) is 12.7. The molecule has 0 atom stereocenters. The third-order valence-electron chi connectivity index (χ3n) is 5.76. The molecule has 5 rings (SSSR count). The van der Waals surface area contributed by atoms with Gasteiger partial charge in [0.15, 0.2) is 0 Å². The highest BCUT2D eigenvalue weighted by atomic mass is 16.1. The van der Waals surface area contributed by atoms with Crippen LogP contribution in [0.1, 0.15) is 43.7 Å². The standard InChI is InChI=1S/C26H23N3O/c1-18-3-5-19(6-4-18)17-27-26(30)22-8-7-20-13-21-9-10-25(29-12-2-11-28-29)16-24(21)15-23(20)14-22/h2-12,14,16H,13,15,17H2,1H3,(H,27,30). The lowest BCUT2D eigenvalue weighted by Gasteiger charge is -2.21. The number of benzene rings is 3. The van der Waals surface area contributed by atoms with Crippen molar-refractivity contribution < 1.29 is 4.79 Å². The molecule has 148 valence electrons. The van der Waals surface area contributed by atoms with Crippen LogP contribution >= 0.6 is 0 Å². The Bertz CT molecular complexity index is 1210. The Morgan fingerprint density at radius 1 is 0.933 bits per heavy atom. The van der Waals surface area contributed by atoms with E-state index < -0.39 is 0 Å². The van der Waals surface area contributed by atoms with Crippen molar-refractivity contribution in [1.29, 1.82) is 0 Å². The molecule has 0 saturated heterocycles. The van der Waals surface area contributed by atoms with Gasteiger partial charge in [-0.1, -0.05) is 42.0 Å². The SMILES string of the molecule is Cc1ccc(CNC(=O)c2ccc3c(c2)Cc2cc(-n4cccn4)ccc2C3)cc1. The lowest BCUT2D eigenvalue weighted by Crippen LogP contribution is -2.23. The summed E-state index contributed by atoms with van der Waals surface area (Å²) >= 11 is 0. The molecule has 1 aliphatic rings. The van der Waals surface area contributed by atoms with E-state index in [-0.39, 0.29) is 5.91 Å². The molecular formula is C26H23N3O. The van der Waals surface area contributed by atoms with Gasteiger partial charge in [-0.2, -0.15) is 5.10 Å². The Hall–Kier alpha value is -3.66. The molecule has 0 fully saturated rings. The van der Waals surface area contributed by atoms with Crippen molar-refractivity contribution in [2.45, 2.75) is 26.3 Å². The predicted octanol–water partition coefficient (Wildman–Crippen LogP) is 4.61. The zero-order valence-electron chi connectivity index (χ0n) is 16.9. The summed E-state index contributed by atoms with van der Waals surface area (Å²) in [6.45, 7) is 2.60. The van der Waals surface area contributed by atoms with E-state index in [9.17, 15) is 4.79 Å². The van der Waals surface area contributed by atoms with Gasteiger partial charge in [0.25, 0.3) is 5.91 Å². The number of aromatic nitrogens is 2. The normalized spacial score (nSPS) is 12.2. The zero-order chi connectivity index (χ0) is 20.5. The maximum atomic E-state index is 12.7. The summed E-state index contributed by atoms with van der Waals surface area (Å²) in [5.41, 5.74) is 9.26. The van der Waals surface area contributed by atoms with Crippen LogP contribution in [0.3, 0.4) is 0 Å².